The van der Waals surface area contributed by atoms with Gasteiger partial charge in [-0.3, -0.25) is 14.8 Å². The van der Waals surface area contributed by atoms with Gasteiger partial charge in [-0.1, -0.05) is 0 Å². The molecule has 2 rings (SSSR count). The van der Waals surface area contributed by atoms with Crippen LogP contribution in [0.1, 0.15) is 0 Å². The Morgan fingerprint density at radius 3 is 2.45 bits per heavy atom. The van der Waals surface area contributed by atoms with Crippen molar-refractivity contribution >= 4 is 33.9 Å². The Hall–Kier alpha value is -2.62. The molecule has 0 aliphatic carbocycles. The normalized spacial score (nSPS) is 17.8. The fourth-order valence-electron chi connectivity index (χ4n) is 1.76. The number of benzene rings is 1. The highest BCUT2D eigenvalue weighted by molar-refractivity contribution is 7.94. The number of urea groups is 1. The van der Waals surface area contributed by atoms with Crippen molar-refractivity contribution in [2.75, 3.05) is 18.9 Å². The topological polar surface area (TPSA) is 123 Å². The SMILES string of the molecule is COc1ccc(NS(=O)(=O)C2C=NC(=O)NC2=O)cc1OC. The van der Waals surface area contributed by atoms with Crippen molar-refractivity contribution in [3.8, 4) is 11.5 Å². The van der Waals surface area contributed by atoms with Crippen molar-refractivity contribution in [3.63, 3.8) is 0 Å². The molecule has 0 spiro atoms. The Morgan fingerprint density at radius 2 is 1.86 bits per heavy atom. The Bertz CT molecular complexity index is 743. The Kier molecular flexibility index (Phi) is 4.31. The van der Waals surface area contributed by atoms with Crippen LogP contribution < -0.4 is 19.5 Å². The average Bonchev–Trinajstić information content (AvgIpc) is 2.46. The summed E-state index contributed by atoms with van der Waals surface area (Å²) in [5, 5.41) is 0.224. The summed E-state index contributed by atoms with van der Waals surface area (Å²) < 4.78 is 36.7. The van der Waals surface area contributed by atoms with Gasteiger partial charge in [0.1, 0.15) is 0 Å². The minimum atomic E-state index is -4.11. The Balaban J connectivity index is 2.27. The predicted molar refractivity (Wildman–Crippen MR) is 77.9 cm³/mol. The third-order valence-corrected chi connectivity index (χ3v) is 4.32. The molecule has 1 aromatic rings. The lowest BCUT2D eigenvalue weighted by Gasteiger charge is -2.17. The number of ether oxygens (including phenoxy) is 2. The molecule has 0 saturated carbocycles. The van der Waals surface area contributed by atoms with Crippen LogP contribution in [0.25, 0.3) is 0 Å². The summed E-state index contributed by atoms with van der Waals surface area (Å²) in [7, 11) is -1.26. The number of carbonyl (C=O) groups is 2. The molecular weight excluding hydrogens is 314 g/mol. The third-order valence-electron chi connectivity index (χ3n) is 2.79. The first kappa shape index (κ1) is 15.8. The van der Waals surface area contributed by atoms with E-state index < -0.39 is 27.2 Å². The molecule has 1 aromatic carbocycles. The van der Waals surface area contributed by atoms with Crippen LogP contribution in [0.15, 0.2) is 23.2 Å². The summed E-state index contributed by atoms with van der Waals surface area (Å²) in [4.78, 5) is 25.7. The van der Waals surface area contributed by atoms with E-state index in [4.69, 9.17) is 9.47 Å². The van der Waals surface area contributed by atoms with Gasteiger partial charge in [0.25, 0.3) is 5.91 Å². The number of anilines is 1. The van der Waals surface area contributed by atoms with Gasteiger partial charge in [-0.05, 0) is 12.1 Å². The van der Waals surface area contributed by atoms with Gasteiger partial charge in [-0.2, -0.15) is 0 Å². The number of carbonyl (C=O) groups excluding carboxylic acids is 2. The predicted octanol–water partition coefficient (Wildman–Crippen LogP) is 0.135. The fraction of sp³-hybridized carbons (Fsp3) is 0.250. The molecule has 9 nitrogen and oxygen atoms in total. The van der Waals surface area contributed by atoms with Crippen molar-refractivity contribution in [2.24, 2.45) is 4.99 Å². The van der Waals surface area contributed by atoms with Gasteiger partial charge in [0.05, 0.1) is 19.9 Å². The summed E-state index contributed by atoms with van der Waals surface area (Å²) in [5.74, 6) is -0.222. The highest BCUT2D eigenvalue weighted by atomic mass is 32.2. The molecule has 1 unspecified atom stereocenters. The number of nitrogens with zero attached hydrogens (tertiary/aromatic N) is 1. The molecule has 1 aliphatic heterocycles. The number of aliphatic imine (C=N–C) groups is 1. The number of imide groups is 1. The van der Waals surface area contributed by atoms with Crippen molar-refractivity contribution < 1.29 is 27.5 Å². The molecule has 1 aliphatic rings. The highest BCUT2D eigenvalue weighted by Crippen LogP contribution is 2.30. The molecule has 0 bridgehead atoms. The van der Waals surface area contributed by atoms with E-state index in [1.54, 1.807) is 0 Å². The zero-order valence-corrected chi connectivity index (χ0v) is 12.5. The van der Waals surface area contributed by atoms with Crippen molar-refractivity contribution in [1.82, 2.24) is 5.32 Å². The number of hydrogen-bond acceptors (Lipinski definition) is 6. The first-order valence-corrected chi connectivity index (χ1v) is 7.54. The summed E-state index contributed by atoms with van der Waals surface area (Å²) in [6, 6.07) is 3.46. The molecule has 118 valence electrons. The zero-order chi connectivity index (χ0) is 16.3. The van der Waals surface area contributed by atoms with E-state index in [1.807, 2.05) is 5.32 Å². The maximum Gasteiger partial charge on any atom is 0.347 e. The molecule has 0 aromatic heterocycles. The Morgan fingerprint density at radius 1 is 1.18 bits per heavy atom. The van der Waals surface area contributed by atoms with E-state index in [2.05, 4.69) is 9.71 Å². The summed E-state index contributed by atoms with van der Waals surface area (Å²) >= 11 is 0. The molecule has 2 N–H and O–H groups in total. The third kappa shape index (κ3) is 3.17. The molecule has 0 radical (unpaired) electrons. The lowest BCUT2D eigenvalue weighted by molar-refractivity contribution is -0.118. The highest BCUT2D eigenvalue weighted by Gasteiger charge is 2.35. The summed E-state index contributed by atoms with van der Waals surface area (Å²) in [5.41, 5.74) is 0.177. The smallest absolute Gasteiger partial charge is 0.347 e. The van der Waals surface area contributed by atoms with Gasteiger partial charge in [-0.15, -0.1) is 0 Å². The number of nitrogens with one attached hydrogen (secondary N) is 2. The van der Waals surface area contributed by atoms with Crippen LogP contribution in [0.2, 0.25) is 0 Å². The van der Waals surface area contributed by atoms with Crippen LogP contribution in [0.5, 0.6) is 11.5 Å². The second-order valence-electron chi connectivity index (χ2n) is 4.21. The first-order valence-electron chi connectivity index (χ1n) is 6.00. The minimum absolute atomic E-state index is 0.177. The Labute approximate surface area is 126 Å². The molecule has 1 heterocycles. The van der Waals surface area contributed by atoms with Crippen LogP contribution in [-0.4, -0.2) is 46.0 Å². The maximum atomic E-state index is 12.2. The average molecular weight is 327 g/mol. The molecule has 10 heteroatoms. The van der Waals surface area contributed by atoms with E-state index in [1.165, 1.54) is 32.4 Å². The van der Waals surface area contributed by atoms with E-state index in [9.17, 15) is 18.0 Å². The van der Waals surface area contributed by atoms with Gasteiger partial charge < -0.3 is 9.47 Å². The number of rotatable bonds is 5. The van der Waals surface area contributed by atoms with E-state index >= 15 is 0 Å². The molecule has 1 atom stereocenters. The first-order chi connectivity index (χ1) is 10.4. The van der Waals surface area contributed by atoms with Crippen LogP contribution >= 0.6 is 0 Å². The standard InChI is InChI=1S/C12H13N3O6S/c1-20-8-4-3-7(5-9(8)21-2)15-22(18,19)10-6-13-12(17)14-11(10)16/h3-6,10,15H,1-2H3,(H,14,16,17). The molecule has 22 heavy (non-hydrogen) atoms. The second kappa shape index (κ2) is 6.02. The van der Waals surface area contributed by atoms with Crippen LogP contribution in [-0.2, 0) is 14.8 Å². The quantitative estimate of drug-likeness (QED) is 0.792. The second-order valence-corrected chi connectivity index (χ2v) is 6.01. The fourth-order valence-corrected chi connectivity index (χ4v) is 2.90. The van der Waals surface area contributed by atoms with Crippen LogP contribution in [0.3, 0.4) is 0 Å². The van der Waals surface area contributed by atoms with Gasteiger partial charge in [0.15, 0.2) is 16.7 Å². The van der Waals surface area contributed by atoms with Gasteiger partial charge in [0.2, 0.25) is 10.0 Å². The summed E-state index contributed by atoms with van der Waals surface area (Å²) in [6.07, 6.45) is 0.782. The van der Waals surface area contributed by atoms with Crippen molar-refractivity contribution in [3.05, 3.63) is 18.2 Å². The largest absolute Gasteiger partial charge is 0.493 e. The molecular formula is C12H13N3O6S. The monoisotopic (exact) mass is 327 g/mol. The number of sulfonamides is 1. The van der Waals surface area contributed by atoms with Gasteiger partial charge in [0, 0.05) is 12.3 Å². The lowest BCUT2D eigenvalue weighted by Crippen LogP contribution is -2.48. The lowest BCUT2D eigenvalue weighted by atomic mass is 10.3. The molecule has 3 amide bonds. The van der Waals surface area contributed by atoms with Crippen molar-refractivity contribution in [2.45, 2.75) is 5.25 Å². The number of hydrogen-bond donors (Lipinski definition) is 2. The number of amides is 3. The summed E-state index contributed by atoms with van der Waals surface area (Å²) in [6.45, 7) is 0. The zero-order valence-electron chi connectivity index (χ0n) is 11.7. The van der Waals surface area contributed by atoms with Crippen LogP contribution in [0, 0.1) is 0 Å². The number of methoxy groups -OCH3 is 2. The van der Waals surface area contributed by atoms with E-state index in [0.717, 1.165) is 6.21 Å². The van der Waals surface area contributed by atoms with Crippen molar-refractivity contribution in [1.29, 1.82) is 0 Å². The minimum Gasteiger partial charge on any atom is -0.493 e. The van der Waals surface area contributed by atoms with E-state index in [-0.39, 0.29) is 5.69 Å². The molecule has 0 fully saturated rings. The van der Waals surface area contributed by atoms with Gasteiger partial charge >= 0.3 is 6.03 Å². The van der Waals surface area contributed by atoms with E-state index in [0.29, 0.717) is 11.5 Å². The van der Waals surface area contributed by atoms with Crippen LogP contribution in [0.4, 0.5) is 10.5 Å². The molecule has 0 saturated heterocycles. The van der Waals surface area contributed by atoms with Gasteiger partial charge in [-0.25, -0.2) is 18.2 Å². The maximum absolute atomic E-state index is 12.2.